The van der Waals surface area contributed by atoms with Crippen LogP contribution >= 0.6 is 0 Å². The predicted molar refractivity (Wildman–Crippen MR) is 79.6 cm³/mol. The highest BCUT2D eigenvalue weighted by atomic mass is 16.5. The smallest absolute Gasteiger partial charge is 0.119 e. The molecule has 2 aromatic rings. The van der Waals surface area contributed by atoms with Crippen LogP contribution in [0.25, 0.3) is 0 Å². The molecule has 20 heavy (non-hydrogen) atoms. The van der Waals surface area contributed by atoms with Gasteiger partial charge >= 0.3 is 0 Å². The summed E-state index contributed by atoms with van der Waals surface area (Å²) in [5.41, 5.74) is -0.0156. The lowest BCUT2D eigenvalue weighted by Gasteiger charge is -2.54. The maximum Gasteiger partial charge on any atom is 0.119 e. The third-order valence-corrected chi connectivity index (χ3v) is 4.59. The molecule has 2 aromatic carbocycles. The Kier molecular flexibility index (Phi) is 3.27. The first-order valence-corrected chi connectivity index (χ1v) is 7.10. The molecule has 0 aromatic heterocycles. The van der Waals surface area contributed by atoms with E-state index >= 15 is 0 Å². The summed E-state index contributed by atoms with van der Waals surface area (Å²) in [7, 11) is 0. The molecule has 104 valence electrons. The largest absolute Gasteiger partial charge is 0.493 e. The standard InChI is InChI=1S/C18H20O2/c1-17(14-20-16-10-6-3-7-11-16)12-13-18(17,19)15-8-4-2-5-9-15/h2-11,19H,12-14H2,1H3/t17-,18+/m0/s1. The maximum atomic E-state index is 11.0. The average molecular weight is 268 g/mol. The van der Waals surface area contributed by atoms with Crippen molar-refractivity contribution in [2.75, 3.05) is 6.61 Å². The predicted octanol–water partition coefficient (Wildman–Crippen LogP) is 3.75. The highest BCUT2D eigenvalue weighted by Gasteiger charge is 2.56. The van der Waals surface area contributed by atoms with Crippen LogP contribution in [-0.2, 0) is 5.60 Å². The minimum Gasteiger partial charge on any atom is -0.493 e. The molecule has 3 rings (SSSR count). The zero-order valence-electron chi connectivity index (χ0n) is 11.8. The second-order valence-electron chi connectivity index (χ2n) is 5.89. The lowest BCUT2D eigenvalue weighted by atomic mass is 9.55. The zero-order chi connectivity index (χ0) is 14.1. The van der Waals surface area contributed by atoms with Gasteiger partial charge in [0.15, 0.2) is 0 Å². The minimum absolute atomic E-state index is 0.232. The summed E-state index contributed by atoms with van der Waals surface area (Å²) in [5.74, 6) is 0.857. The molecule has 1 aliphatic rings. The van der Waals surface area contributed by atoms with Gasteiger partial charge in [-0.05, 0) is 30.5 Å². The van der Waals surface area contributed by atoms with Crippen LogP contribution in [0.1, 0.15) is 25.3 Å². The highest BCUT2D eigenvalue weighted by Crippen LogP contribution is 2.56. The molecule has 2 atom stereocenters. The quantitative estimate of drug-likeness (QED) is 0.915. The Morgan fingerprint density at radius 2 is 1.55 bits per heavy atom. The van der Waals surface area contributed by atoms with Crippen molar-refractivity contribution in [1.82, 2.24) is 0 Å². The second-order valence-corrected chi connectivity index (χ2v) is 5.89. The fourth-order valence-electron chi connectivity index (χ4n) is 2.95. The van der Waals surface area contributed by atoms with Crippen LogP contribution in [0.4, 0.5) is 0 Å². The number of ether oxygens (including phenoxy) is 1. The number of benzene rings is 2. The van der Waals surface area contributed by atoms with Crippen LogP contribution < -0.4 is 4.74 Å². The monoisotopic (exact) mass is 268 g/mol. The average Bonchev–Trinajstić information content (AvgIpc) is 2.52. The first-order valence-electron chi connectivity index (χ1n) is 7.10. The lowest BCUT2D eigenvalue weighted by Crippen LogP contribution is -2.56. The van der Waals surface area contributed by atoms with Gasteiger partial charge < -0.3 is 9.84 Å². The summed E-state index contributed by atoms with van der Waals surface area (Å²) in [4.78, 5) is 0. The van der Waals surface area contributed by atoms with Crippen LogP contribution in [-0.4, -0.2) is 11.7 Å². The molecule has 0 amide bonds. The van der Waals surface area contributed by atoms with Crippen LogP contribution in [0.15, 0.2) is 60.7 Å². The Balaban J connectivity index is 1.75. The molecule has 0 unspecified atom stereocenters. The van der Waals surface area contributed by atoms with Gasteiger partial charge in [-0.1, -0.05) is 55.5 Å². The molecule has 0 bridgehead atoms. The van der Waals surface area contributed by atoms with Gasteiger partial charge in [0.1, 0.15) is 5.75 Å². The SMILES string of the molecule is C[C@@]1(COc2ccccc2)CC[C@@]1(O)c1ccccc1. The van der Waals surface area contributed by atoms with E-state index in [2.05, 4.69) is 6.92 Å². The van der Waals surface area contributed by atoms with E-state index < -0.39 is 5.60 Å². The van der Waals surface area contributed by atoms with Crippen molar-refractivity contribution in [3.05, 3.63) is 66.2 Å². The van der Waals surface area contributed by atoms with Gasteiger partial charge in [-0.2, -0.15) is 0 Å². The van der Waals surface area contributed by atoms with Crippen molar-refractivity contribution in [3.8, 4) is 5.75 Å². The van der Waals surface area contributed by atoms with Gasteiger partial charge in [0.05, 0.1) is 12.2 Å². The fourth-order valence-corrected chi connectivity index (χ4v) is 2.95. The first-order chi connectivity index (χ1) is 9.64. The van der Waals surface area contributed by atoms with Gasteiger partial charge in [-0.15, -0.1) is 0 Å². The number of hydrogen-bond donors (Lipinski definition) is 1. The van der Waals surface area contributed by atoms with Crippen molar-refractivity contribution < 1.29 is 9.84 Å². The molecule has 0 spiro atoms. The second kappa shape index (κ2) is 4.95. The van der Waals surface area contributed by atoms with Crippen molar-refractivity contribution >= 4 is 0 Å². The Morgan fingerprint density at radius 3 is 2.10 bits per heavy atom. The van der Waals surface area contributed by atoms with E-state index in [4.69, 9.17) is 4.74 Å². The maximum absolute atomic E-state index is 11.0. The van der Waals surface area contributed by atoms with Crippen LogP contribution in [0, 0.1) is 5.41 Å². The molecule has 1 N–H and O–H groups in total. The summed E-state index contributed by atoms with van der Waals surface area (Å²) in [6, 6.07) is 19.7. The van der Waals surface area contributed by atoms with Crippen molar-refractivity contribution in [1.29, 1.82) is 0 Å². The molecule has 1 aliphatic carbocycles. The van der Waals surface area contributed by atoms with Gasteiger partial charge in [0, 0.05) is 5.41 Å². The van der Waals surface area contributed by atoms with Crippen molar-refractivity contribution in [2.45, 2.75) is 25.4 Å². The van der Waals surface area contributed by atoms with Gasteiger partial charge in [0.25, 0.3) is 0 Å². The molecule has 0 saturated heterocycles. The van der Waals surface area contributed by atoms with E-state index in [0.29, 0.717) is 6.61 Å². The van der Waals surface area contributed by atoms with Crippen LogP contribution in [0.3, 0.4) is 0 Å². The Morgan fingerprint density at radius 1 is 0.950 bits per heavy atom. The lowest BCUT2D eigenvalue weighted by molar-refractivity contribution is -0.180. The van der Waals surface area contributed by atoms with Gasteiger partial charge in [-0.25, -0.2) is 0 Å². The molecule has 1 saturated carbocycles. The summed E-state index contributed by atoms with van der Waals surface area (Å²) < 4.78 is 5.87. The summed E-state index contributed by atoms with van der Waals surface area (Å²) >= 11 is 0. The number of rotatable bonds is 4. The summed E-state index contributed by atoms with van der Waals surface area (Å²) in [5, 5.41) is 11.0. The molecule has 2 heteroatoms. The first kappa shape index (κ1) is 13.2. The van der Waals surface area contributed by atoms with Gasteiger partial charge in [-0.3, -0.25) is 0 Å². The topological polar surface area (TPSA) is 29.5 Å². The molecule has 1 fully saturated rings. The van der Waals surface area contributed by atoms with Crippen molar-refractivity contribution in [3.63, 3.8) is 0 Å². The fraction of sp³-hybridized carbons (Fsp3) is 0.333. The number of aliphatic hydroxyl groups is 1. The van der Waals surface area contributed by atoms with E-state index in [9.17, 15) is 5.11 Å². The van der Waals surface area contributed by atoms with E-state index in [1.165, 1.54) is 0 Å². The number of para-hydroxylation sites is 1. The van der Waals surface area contributed by atoms with E-state index in [-0.39, 0.29) is 5.41 Å². The molecule has 0 aliphatic heterocycles. The molecule has 0 radical (unpaired) electrons. The van der Waals surface area contributed by atoms with E-state index in [1.54, 1.807) is 0 Å². The Hall–Kier alpha value is -1.80. The molecular weight excluding hydrogens is 248 g/mol. The Bertz CT molecular complexity index is 566. The normalized spacial score (nSPS) is 28.7. The van der Waals surface area contributed by atoms with Crippen LogP contribution in [0.5, 0.6) is 5.75 Å². The number of hydrogen-bond acceptors (Lipinski definition) is 2. The van der Waals surface area contributed by atoms with E-state index in [0.717, 1.165) is 24.2 Å². The van der Waals surface area contributed by atoms with Gasteiger partial charge in [0.2, 0.25) is 0 Å². The third-order valence-electron chi connectivity index (χ3n) is 4.59. The summed E-state index contributed by atoms with van der Waals surface area (Å²) in [6.45, 7) is 2.63. The molecular formula is C18H20O2. The van der Waals surface area contributed by atoms with Crippen molar-refractivity contribution in [2.24, 2.45) is 5.41 Å². The zero-order valence-corrected chi connectivity index (χ0v) is 11.8. The minimum atomic E-state index is -0.775. The Labute approximate surface area is 120 Å². The third kappa shape index (κ3) is 2.10. The van der Waals surface area contributed by atoms with Crippen LogP contribution in [0.2, 0.25) is 0 Å². The molecule has 0 heterocycles. The summed E-state index contributed by atoms with van der Waals surface area (Å²) in [6.07, 6.45) is 1.77. The molecule has 2 nitrogen and oxygen atoms in total. The highest BCUT2D eigenvalue weighted by molar-refractivity contribution is 5.29. The van der Waals surface area contributed by atoms with E-state index in [1.807, 2.05) is 60.7 Å².